The van der Waals surface area contributed by atoms with Crippen LogP contribution < -0.4 is 0 Å². The topological polar surface area (TPSA) is 48.6 Å². The molecule has 0 atom stereocenters. The van der Waals surface area contributed by atoms with E-state index in [-0.39, 0.29) is 0 Å². The van der Waals surface area contributed by atoms with Crippen molar-refractivity contribution in [1.82, 2.24) is 9.97 Å². The maximum atomic E-state index is 11.4. The molecule has 0 aliphatic rings. The van der Waals surface area contributed by atoms with Gasteiger partial charge in [-0.05, 0) is 26.0 Å². The van der Waals surface area contributed by atoms with Crippen LogP contribution in [0.25, 0.3) is 11.0 Å². The van der Waals surface area contributed by atoms with Gasteiger partial charge in [-0.3, -0.25) is 0 Å². The number of aromatic amines is 1. The van der Waals surface area contributed by atoms with Gasteiger partial charge in [0.15, 0.2) is 5.16 Å². The van der Waals surface area contributed by atoms with Crippen LogP contribution in [0.4, 0.5) is 0 Å². The van der Waals surface area contributed by atoms with Gasteiger partial charge < -0.3 is 4.98 Å². The maximum absolute atomic E-state index is 11.4. The van der Waals surface area contributed by atoms with E-state index in [9.17, 15) is 5.11 Å². The number of rotatable bonds is 3. The summed E-state index contributed by atoms with van der Waals surface area (Å²) in [4.78, 5) is 7.57. The van der Waals surface area contributed by atoms with Gasteiger partial charge in [-0.25, -0.2) is 10.1 Å². The van der Waals surface area contributed by atoms with Gasteiger partial charge in [0.05, 0.1) is 11.0 Å². The minimum atomic E-state index is -0.913. The van der Waals surface area contributed by atoms with Gasteiger partial charge in [0.2, 0.25) is 0 Å². The molecule has 0 fully saturated rings. The molecule has 1 aromatic heterocycles. The van der Waals surface area contributed by atoms with Crippen molar-refractivity contribution in [3.8, 4) is 0 Å². The Bertz CT molecular complexity index is 426. The molecule has 1 radical (unpaired) electrons. The van der Waals surface area contributed by atoms with Crippen LogP contribution in [-0.4, -0.2) is 21.3 Å². The number of hydrogen-bond donors (Lipinski definition) is 1. The highest BCUT2D eigenvalue weighted by molar-refractivity contribution is 7.99. The fourth-order valence-corrected chi connectivity index (χ4v) is 2.07. The van der Waals surface area contributed by atoms with Crippen molar-refractivity contribution in [2.75, 3.05) is 5.75 Å². The molecule has 79 valence electrons. The molecule has 4 heteroatoms. The zero-order valence-electron chi connectivity index (χ0n) is 8.78. The Morgan fingerprint density at radius 2 is 2.13 bits per heavy atom. The van der Waals surface area contributed by atoms with E-state index in [0.717, 1.165) is 16.2 Å². The highest BCUT2D eigenvalue weighted by Gasteiger charge is 2.16. The number of nitrogens with zero attached hydrogens (tertiary/aromatic N) is 1. The van der Waals surface area contributed by atoms with E-state index in [1.165, 1.54) is 11.8 Å². The third-order valence-corrected chi connectivity index (χ3v) is 3.23. The Hall–Kier alpha value is -1.00. The van der Waals surface area contributed by atoms with Gasteiger partial charge in [0.25, 0.3) is 0 Å². The molecule has 0 saturated carbocycles. The van der Waals surface area contributed by atoms with Crippen molar-refractivity contribution < 1.29 is 5.11 Å². The third-order valence-electron chi connectivity index (χ3n) is 1.92. The molecular weight excluding hydrogens is 208 g/mol. The molecule has 2 aromatic rings. The Morgan fingerprint density at radius 1 is 1.40 bits per heavy atom. The Labute approximate surface area is 92.9 Å². The Morgan fingerprint density at radius 3 is 2.80 bits per heavy atom. The molecule has 1 aromatic carbocycles. The van der Waals surface area contributed by atoms with Crippen LogP contribution in [-0.2, 0) is 5.11 Å². The minimum absolute atomic E-state index is 0.521. The van der Waals surface area contributed by atoms with E-state index >= 15 is 0 Å². The molecule has 1 heterocycles. The lowest BCUT2D eigenvalue weighted by Gasteiger charge is -2.11. The zero-order chi connectivity index (χ0) is 10.9. The predicted molar refractivity (Wildman–Crippen MR) is 61.6 cm³/mol. The van der Waals surface area contributed by atoms with E-state index in [2.05, 4.69) is 9.97 Å². The van der Waals surface area contributed by atoms with Crippen LogP contribution >= 0.6 is 11.8 Å². The van der Waals surface area contributed by atoms with Crippen molar-refractivity contribution >= 4 is 22.8 Å². The number of benzene rings is 1. The van der Waals surface area contributed by atoms with Crippen molar-refractivity contribution in [2.45, 2.75) is 24.6 Å². The van der Waals surface area contributed by atoms with Gasteiger partial charge in [-0.1, -0.05) is 23.9 Å². The van der Waals surface area contributed by atoms with E-state index < -0.39 is 5.60 Å². The van der Waals surface area contributed by atoms with E-state index in [1.54, 1.807) is 13.8 Å². The smallest absolute Gasteiger partial charge is 0.166 e. The van der Waals surface area contributed by atoms with Gasteiger partial charge in [0.1, 0.15) is 5.60 Å². The second-order valence-corrected chi connectivity index (χ2v) is 5.07. The lowest BCUT2D eigenvalue weighted by Crippen LogP contribution is -2.19. The van der Waals surface area contributed by atoms with Crippen molar-refractivity contribution in [3.05, 3.63) is 24.3 Å². The summed E-state index contributed by atoms with van der Waals surface area (Å²) < 4.78 is 0. The lowest BCUT2D eigenvalue weighted by molar-refractivity contribution is 0.0263. The summed E-state index contributed by atoms with van der Waals surface area (Å²) in [7, 11) is 0. The molecule has 0 unspecified atom stereocenters. The Kier molecular flexibility index (Phi) is 2.71. The normalized spacial score (nSPS) is 12.2. The average Bonchev–Trinajstić information content (AvgIpc) is 2.56. The molecule has 2 rings (SSSR count). The number of fused-ring (bicyclic) bond motifs is 1. The summed E-state index contributed by atoms with van der Waals surface area (Å²) in [5.74, 6) is 0.521. The molecule has 0 aliphatic carbocycles. The lowest BCUT2D eigenvalue weighted by atomic mass is 10.2. The summed E-state index contributed by atoms with van der Waals surface area (Å²) in [6.07, 6.45) is 0. The first-order chi connectivity index (χ1) is 7.04. The Balaban J connectivity index is 2.16. The molecule has 0 amide bonds. The van der Waals surface area contributed by atoms with Gasteiger partial charge >= 0.3 is 0 Å². The second-order valence-electron chi connectivity index (χ2n) is 4.11. The van der Waals surface area contributed by atoms with Crippen LogP contribution in [0, 0.1) is 0 Å². The number of H-pyrrole nitrogens is 1. The summed E-state index contributed by atoms with van der Waals surface area (Å²) in [5, 5.41) is 12.2. The van der Waals surface area contributed by atoms with Crippen LogP contribution in [0.3, 0.4) is 0 Å². The first kappa shape index (κ1) is 10.5. The highest BCUT2D eigenvalue weighted by Crippen LogP contribution is 2.22. The zero-order valence-corrected chi connectivity index (χ0v) is 9.60. The van der Waals surface area contributed by atoms with E-state index in [1.807, 2.05) is 24.3 Å². The highest BCUT2D eigenvalue weighted by atomic mass is 32.2. The molecule has 15 heavy (non-hydrogen) atoms. The van der Waals surface area contributed by atoms with Crippen LogP contribution in [0.15, 0.2) is 29.4 Å². The number of hydrogen-bond acceptors (Lipinski definition) is 2. The van der Waals surface area contributed by atoms with Crippen molar-refractivity contribution in [1.29, 1.82) is 0 Å². The molecule has 0 aliphatic heterocycles. The largest absolute Gasteiger partial charge is 0.333 e. The fourth-order valence-electron chi connectivity index (χ4n) is 1.24. The molecule has 0 saturated heterocycles. The van der Waals surface area contributed by atoms with Crippen molar-refractivity contribution in [2.24, 2.45) is 0 Å². The number of aromatic nitrogens is 2. The minimum Gasteiger partial charge on any atom is -0.333 e. The fraction of sp³-hybridized carbons (Fsp3) is 0.364. The number of thioether (sulfide) groups is 1. The number of nitrogens with one attached hydrogen (secondary N) is 1. The molecule has 3 nitrogen and oxygen atoms in total. The van der Waals surface area contributed by atoms with Gasteiger partial charge in [0, 0.05) is 5.75 Å². The molecular formula is C11H13N2OS. The first-order valence-corrected chi connectivity index (χ1v) is 5.81. The SMILES string of the molecule is CC(C)([O])CSc1nc2ccccc2[nH]1. The van der Waals surface area contributed by atoms with Crippen LogP contribution in [0.5, 0.6) is 0 Å². The van der Waals surface area contributed by atoms with Crippen LogP contribution in [0.2, 0.25) is 0 Å². The monoisotopic (exact) mass is 221 g/mol. The molecule has 0 bridgehead atoms. The third kappa shape index (κ3) is 2.73. The van der Waals surface area contributed by atoms with Crippen molar-refractivity contribution in [3.63, 3.8) is 0 Å². The van der Waals surface area contributed by atoms with Gasteiger partial charge in [-0.2, -0.15) is 0 Å². The average molecular weight is 221 g/mol. The maximum Gasteiger partial charge on any atom is 0.166 e. The summed E-state index contributed by atoms with van der Waals surface area (Å²) in [6, 6.07) is 7.86. The summed E-state index contributed by atoms with van der Waals surface area (Å²) >= 11 is 1.47. The van der Waals surface area contributed by atoms with Gasteiger partial charge in [-0.15, -0.1) is 0 Å². The number of imidazole rings is 1. The molecule has 1 N–H and O–H groups in total. The standard InChI is InChI=1S/C11H13N2OS/c1-11(2,14)7-15-10-12-8-5-3-4-6-9(8)13-10/h3-6H,7H2,1-2H3,(H,12,13). The summed E-state index contributed by atoms with van der Waals surface area (Å²) in [6.45, 7) is 3.37. The summed E-state index contributed by atoms with van der Waals surface area (Å²) in [5.41, 5.74) is 1.05. The predicted octanol–water partition coefficient (Wildman–Crippen LogP) is 2.86. The van der Waals surface area contributed by atoms with E-state index in [0.29, 0.717) is 5.75 Å². The van der Waals surface area contributed by atoms with E-state index in [4.69, 9.17) is 0 Å². The van der Waals surface area contributed by atoms with Crippen LogP contribution in [0.1, 0.15) is 13.8 Å². The molecule has 0 spiro atoms. The number of para-hydroxylation sites is 2. The second kappa shape index (κ2) is 3.87. The first-order valence-electron chi connectivity index (χ1n) is 4.83. The quantitative estimate of drug-likeness (QED) is 0.810.